The first-order valence-electron chi connectivity index (χ1n) is 5.05. The van der Waals surface area contributed by atoms with Crippen LogP contribution in [-0.4, -0.2) is 24.1 Å². The molecule has 0 rings (SSSR count). The molecule has 0 bridgehead atoms. The number of carbonyl (C=O) groups is 1. The summed E-state index contributed by atoms with van der Waals surface area (Å²) in [7, 11) is -3.19. The standard InChI is InChI=1S/C9H20O4P/c1-3-5-7-12-14(11,9-10)13-8-6-4-2/h9,11H,3-8H2,1-2H3/q+1. The second-order valence-electron chi connectivity index (χ2n) is 3.04. The van der Waals surface area contributed by atoms with E-state index < -0.39 is 7.94 Å². The maximum absolute atomic E-state index is 10.6. The third kappa shape index (κ3) is 6.44. The molecular formula is C9H20O4P+. The lowest BCUT2D eigenvalue weighted by Gasteiger charge is -2.10. The fourth-order valence-electron chi connectivity index (χ4n) is 0.777. The molecule has 84 valence electrons. The third-order valence-corrected chi connectivity index (χ3v) is 3.05. The Bertz CT molecular complexity index is 142. The molecule has 0 spiro atoms. The first kappa shape index (κ1) is 14.0. The van der Waals surface area contributed by atoms with Gasteiger partial charge in [-0.25, -0.2) is 4.79 Å². The predicted octanol–water partition coefficient (Wildman–Crippen LogP) is 2.56. The minimum Gasteiger partial charge on any atom is -0.247 e. The average Bonchev–Trinajstić information content (AvgIpc) is 2.19. The van der Waals surface area contributed by atoms with E-state index in [1.165, 1.54) is 0 Å². The van der Waals surface area contributed by atoms with Crippen LogP contribution in [0.4, 0.5) is 0 Å². The van der Waals surface area contributed by atoms with E-state index in [0.717, 1.165) is 25.7 Å². The van der Waals surface area contributed by atoms with Gasteiger partial charge >= 0.3 is 14.0 Å². The largest absolute Gasteiger partial charge is 0.480 e. The summed E-state index contributed by atoms with van der Waals surface area (Å²) in [6.07, 6.45) is 3.59. The normalized spacial score (nSPS) is 11.6. The number of unbranched alkanes of at least 4 members (excludes halogenated alkanes) is 2. The van der Waals surface area contributed by atoms with Crippen molar-refractivity contribution >= 4 is 14.0 Å². The molecule has 0 saturated carbocycles. The van der Waals surface area contributed by atoms with E-state index in [2.05, 4.69) is 0 Å². The van der Waals surface area contributed by atoms with Crippen molar-refractivity contribution in [3.8, 4) is 0 Å². The fraction of sp³-hybridized carbons (Fsp3) is 0.889. The highest BCUT2D eigenvalue weighted by Gasteiger charge is 2.40. The molecule has 0 saturated heterocycles. The van der Waals surface area contributed by atoms with Gasteiger partial charge in [-0.1, -0.05) is 26.7 Å². The minimum atomic E-state index is -3.19. The number of hydrogen-bond donors (Lipinski definition) is 1. The fourth-order valence-corrected chi connectivity index (χ4v) is 1.76. The topological polar surface area (TPSA) is 55.8 Å². The zero-order chi connectivity index (χ0) is 10.9. The van der Waals surface area contributed by atoms with Gasteiger partial charge in [0, 0.05) is 0 Å². The highest BCUT2D eigenvalue weighted by Crippen LogP contribution is 2.53. The molecule has 1 N–H and O–H groups in total. The molecular weight excluding hydrogens is 203 g/mol. The van der Waals surface area contributed by atoms with Gasteiger partial charge in [0.05, 0.1) is 13.2 Å². The molecule has 14 heavy (non-hydrogen) atoms. The van der Waals surface area contributed by atoms with Crippen LogP contribution in [0.2, 0.25) is 0 Å². The summed E-state index contributed by atoms with van der Waals surface area (Å²) in [5, 5.41) is 0. The molecule has 4 nitrogen and oxygen atoms in total. The minimum absolute atomic E-state index is 0.381. The molecule has 0 radical (unpaired) electrons. The Hall–Kier alpha value is -0.0200. The molecule has 0 heterocycles. The van der Waals surface area contributed by atoms with E-state index >= 15 is 0 Å². The molecule has 0 fully saturated rings. The van der Waals surface area contributed by atoms with Crippen LogP contribution in [0.25, 0.3) is 0 Å². The van der Waals surface area contributed by atoms with Crippen LogP contribution < -0.4 is 0 Å². The van der Waals surface area contributed by atoms with Crippen LogP contribution >= 0.6 is 7.94 Å². The van der Waals surface area contributed by atoms with Gasteiger partial charge in [-0.2, -0.15) is 13.9 Å². The maximum atomic E-state index is 10.6. The lowest BCUT2D eigenvalue weighted by atomic mass is 10.4. The van der Waals surface area contributed by atoms with Crippen molar-refractivity contribution in [3.05, 3.63) is 0 Å². The van der Waals surface area contributed by atoms with Crippen LogP contribution in [0.1, 0.15) is 39.5 Å². The van der Waals surface area contributed by atoms with Gasteiger partial charge in [0.25, 0.3) is 0 Å². The molecule has 0 atom stereocenters. The van der Waals surface area contributed by atoms with Crippen molar-refractivity contribution in [1.29, 1.82) is 0 Å². The van der Waals surface area contributed by atoms with Crippen molar-refractivity contribution in [2.45, 2.75) is 39.5 Å². The van der Waals surface area contributed by atoms with E-state index in [0.29, 0.717) is 19.2 Å². The van der Waals surface area contributed by atoms with E-state index in [9.17, 15) is 9.69 Å². The Kier molecular flexibility index (Phi) is 8.29. The van der Waals surface area contributed by atoms with Crippen molar-refractivity contribution < 1.29 is 18.7 Å². The van der Waals surface area contributed by atoms with Gasteiger partial charge in [-0.15, -0.1) is 0 Å². The molecule has 0 aromatic heterocycles. The highest BCUT2D eigenvalue weighted by molar-refractivity contribution is 7.75. The molecule has 5 heteroatoms. The summed E-state index contributed by atoms with van der Waals surface area (Å²) in [5.41, 5.74) is 0. The van der Waals surface area contributed by atoms with Gasteiger partial charge in [0.2, 0.25) is 0 Å². The van der Waals surface area contributed by atoms with Crippen LogP contribution in [0.3, 0.4) is 0 Å². The second kappa shape index (κ2) is 8.30. The summed E-state index contributed by atoms with van der Waals surface area (Å²) in [5.74, 6) is 0. The van der Waals surface area contributed by atoms with E-state index in [-0.39, 0.29) is 0 Å². The molecule has 0 aliphatic carbocycles. The summed E-state index contributed by atoms with van der Waals surface area (Å²) in [6, 6.07) is 0.401. The lowest BCUT2D eigenvalue weighted by Crippen LogP contribution is -2.06. The highest BCUT2D eigenvalue weighted by atomic mass is 31.2. The Morgan fingerprint density at radius 2 is 1.57 bits per heavy atom. The molecule has 0 aromatic carbocycles. The van der Waals surface area contributed by atoms with Crippen molar-refractivity contribution in [2.75, 3.05) is 13.2 Å². The molecule has 0 aliphatic rings. The van der Waals surface area contributed by atoms with E-state index in [4.69, 9.17) is 9.05 Å². The Labute approximate surface area is 86.2 Å². The van der Waals surface area contributed by atoms with E-state index in [1.807, 2.05) is 13.8 Å². The predicted molar refractivity (Wildman–Crippen MR) is 57.6 cm³/mol. The Morgan fingerprint density at radius 3 is 1.86 bits per heavy atom. The van der Waals surface area contributed by atoms with Gasteiger partial charge < -0.3 is 0 Å². The smallest absolute Gasteiger partial charge is 0.247 e. The number of hydrogen-bond acceptors (Lipinski definition) is 4. The zero-order valence-electron chi connectivity index (χ0n) is 8.94. The summed E-state index contributed by atoms with van der Waals surface area (Å²) in [6.45, 7) is 4.79. The van der Waals surface area contributed by atoms with Crippen molar-refractivity contribution in [3.63, 3.8) is 0 Å². The zero-order valence-corrected chi connectivity index (χ0v) is 9.83. The van der Waals surface area contributed by atoms with E-state index in [1.54, 1.807) is 0 Å². The van der Waals surface area contributed by atoms with Crippen LogP contribution in [0.5, 0.6) is 0 Å². The SMILES string of the molecule is CCCCO[P+](O)(C=O)OCCCC. The average molecular weight is 223 g/mol. The number of rotatable bonds is 9. The molecule has 0 aromatic rings. The maximum Gasteiger partial charge on any atom is 0.480 e. The monoisotopic (exact) mass is 223 g/mol. The van der Waals surface area contributed by atoms with Gasteiger partial charge in [-0.3, -0.25) is 0 Å². The molecule has 0 aliphatic heterocycles. The second-order valence-corrected chi connectivity index (χ2v) is 4.90. The van der Waals surface area contributed by atoms with Gasteiger partial charge in [0.1, 0.15) is 0 Å². The first-order chi connectivity index (χ1) is 6.68. The molecule has 0 unspecified atom stereocenters. The van der Waals surface area contributed by atoms with Crippen LogP contribution in [0.15, 0.2) is 0 Å². The Balaban J connectivity index is 3.73. The van der Waals surface area contributed by atoms with Gasteiger partial charge in [0.15, 0.2) is 0 Å². The van der Waals surface area contributed by atoms with Crippen molar-refractivity contribution in [1.82, 2.24) is 0 Å². The van der Waals surface area contributed by atoms with Crippen LogP contribution in [0, 0.1) is 0 Å². The summed E-state index contributed by atoms with van der Waals surface area (Å²) >= 11 is 0. The third-order valence-electron chi connectivity index (χ3n) is 1.68. The quantitative estimate of drug-likeness (QED) is 0.371. The molecule has 0 amide bonds. The van der Waals surface area contributed by atoms with Crippen LogP contribution in [-0.2, 0) is 13.8 Å². The summed E-state index contributed by atoms with van der Waals surface area (Å²) < 4.78 is 10.1. The summed E-state index contributed by atoms with van der Waals surface area (Å²) in [4.78, 5) is 20.1. The Morgan fingerprint density at radius 1 is 1.14 bits per heavy atom. The lowest BCUT2D eigenvalue weighted by molar-refractivity contribution is 0.183. The van der Waals surface area contributed by atoms with Gasteiger partial charge in [-0.05, 0) is 12.8 Å². The first-order valence-corrected chi connectivity index (χ1v) is 6.70. The van der Waals surface area contributed by atoms with Crippen molar-refractivity contribution in [2.24, 2.45) is 0 Å². The number of carbonyl (C=O) groups excluding carboxylic acids is 1.